The summed E-state index contributed by atoms with van der Waals surface area (Å²) in [6.45, 7) is 5.54. The third-order valence-corrected chi connectivity index (χ3v) is 7.26. The van der Waals surface area contributed by atoms with Gasteiger partial charge in [0.2, 0.25) is 0 Å². The zero-order chi connectivity index (χ0) is 21.8. The van der Waals surface area contributed by atoms with Crippen LogP contribution in [0.15, 0.2) is 24.3 Å². The molecule has 0 aromatic heterocycles. The summed E-state index contributed by atoms with van der Waals surface area (Å²) in [4.78, 5) is 0. The molecule has 0 aliphatic carbocycles. The number of nitrogens with two attached hydrogens (primary N) is 2. The number of benzene rings is 2. The molecule has 4 aliphatic heterocycles. The quantitative estimate of drug-likeness (QED) is 0.439. The Morgan fingerprint density at radius 1 is 0.719 bits per heavy atom. The molecule has 170 valence electrons. The highest BCUT2D eigenvalue weighted by atomic mass is 16.6. The Labute approximate surface area is 189 Å². The highest BCUT2D eigenvalue weighted by Gasteiger charge is 2.37. The molecule has 4 aliphatic rings. The third kappa shape index (κ3) is 4.25. The number of anilines is 2. The minimum absolute atomic E-state index is 0.150. The van der Waals surface area contributed by atoms with Crippen LogP contribution in [0.1, 0.15) is 46.2 Å². The molecule has 0 saturated carbocycles. The molecule has 4 N–H and O–H groups in total. The van der Waals surface area contributed by atoms with Gasteiger partial charge in [-0.3, -0.25) is 0 Å². The molecule has 6 heteroatoms. The standard InChI is InChI=1S/C26H32N2O4/c1-14(19-4-2-3-5-24(19)27)25-20(6-15-10-29-15)22(8-17-12-31-17)26(28)23(9-18-13-32-18)21(25)7-16-11-30-16/h2-5,14-18H,6-13,27-28H2,1H3. The lowest BCUT2D eigenvalue weighted by Crippen LogP contribution is -2.20. The van der Waals surface area contributed by atoms with Gasteiger partial charge < -0.3 is 30.4 Å². The van der Waals surface area contributed by atoms with E-state index in [9.17, 15) is 0 Å². The van der Waals surface area contributed by atoms with Gasteiger partial charge in [0.25, 0.3) is 0 Å². The highest BCUT2D eigenvalue weighted by molar-refractivity contribution is 5.67. The Bertz CT molecular complexity index is 970. The van der Waals surface area contributed by atoms with E-state index >= 15 is 0 Å². The van der Waals surface area contributed by atoms with E-state index in [-0.39, 0.29) is 30.3 Å². The predicted molar refractivity (Wildman–Crippen MR) is 123 cm³/mol. The topological polar surface area (TPSA) is 102 Å². The van der Waals surface area contributed by atoms with Gasteiger partial charge in [0.15, 0.2) is 0 Å². The molecule has 4 fully saturated rings. The van der Waals surface area contributed by atoms with Crippen molar-refractivity contribution in [2.45, 2.75) is 62.9 Å². The summed E-state index contributed by atoms with van der Waals surface area (Å²) >= 11 is 0. The van der Waals surface area contributed by atoms with E-state index in [1.807, 2.05) is 12.1 Å². The van der Waals surface area contributed by atoms with Gasteiger partial charge in [0.05, 0.1) is 50.8 Å². The second-order valence-electron chi connectivity index (χ2n) is 9.73. The van der Waals surface area contributed by atoms with Gasteiger partial charge >= 0.3 is 0 Å². The summed E-state index contributed by atoms with van der Waals surface area (Å²) in [7, 11) is 0. The van der Waals surface area contributed by atoms with Crippen LogP contribution in [0, 0.1) is 0 Å². The Morgan fingerprint density at radius 2 is 1.12 bits per heavy atom. The molecule has 32 heavy (non-hydrogen) atoms. The Balaban J connectivity index is 1.55. The van der Waals surface area contributed by atoms with Crippen LogP contribution in [0.5, 0.6) is 0 Å². The van der Waals surface area contributed by atoms with E-state index in [2.05, 4.69) is 19.1 Å². The Morgan fingerprint density at radius 3 is 1.53 bits per heavy atom. The fourth-order valence-electron chi connectivity index (χ4n) is 5.18. The zero-order valence-corrected chi connectivity index (χ0v) is 18.6. The summed E-state index contributed by atoms with van der Waals surface area (Å²) in [5.41, 5.74) is 22.9. The minimum atomic E-state index is 0.150. The summed E-state index contributed by atoms with van der Waals surface area (Å²) in [6, 6.07) is 8.22. The summed E-state index contributed by atoms with van der Waals surface area (Å²) in [5, 5.41) is 0. The fourth-order valence-corrected chi connectivity index (χ4v) is 5.18. The molecule has 2 aromatic carbocycles. The van der Waals surface area contributed by atoms with E-state index in [1.54, 1.807) is 0 Å². The van der Waals surface area contributed by atoms with Crippen LogP contribution in [0.3, 0.4) is 0 Å². The maximum atomic E-state index is 6.95. The maximum absolute atomic E-state index is 6.95. The van der Waals surface area contributed by atoms with Crippen molar-refractivity contribution < 1.29 is 18.9 Å². The molecule has 6 nitrogen and oxygen atoms in total. The first kappa shape index (κ1) is 20.5. The zero-order valence-electron chi connectivity index (χ0n) is 18.6. The molecule has 2 aromatic rings. The van der Waals surface area contributed by atoms with Gasteiger partial charge in [0, 0.05) is 43.0 Å². The highest BCUT2D eigenvalue weighted by Crippen LogP contribution is 2.44. The molecule has 0 spiro atoms. The van der Waals surface area contributed by atoms with Crippen LogP contribution in [-0.2, 0) is 44.6 Å². The van der Waals surface area contributed by atoms with Gasteiger partial charge in [-0.25, -0.2) is 0 Å². The van der Waals surface area contributed by atoms with Gasteiger partial charge in [-0.15, -0.1) is 0 Å². The number of epoxide rings is 4. The van der Waals surface area contributed by atoms with Crippen LogP contribution in [0.25, 0.3) is 0 Å². The van der Waals surface area contributed by atoms with Crippen LogP contribution < -0.4 is 11.5 Å². The van der Waals surface area contributed by atoms with Crippen molar-refractivity contribution >= 4 is 11.4 Å². The summed E-state index contributed by atoms with van der Waals surface area (Å²) < 4.78 is 22.6. The third-order valence-electron chi connectivity index (χ3n) is 7.26. The molecular weight excluding hydrogens is 404 g/mol. The molecule has 0 amide bonds. The van der Waals surface area contributed by atoms with Gasteiger partial charge in [-0.05, 0) is 39.4 Å². The monoisotopic (exact) mass is 436 g/mol. The normalized spacial score (nSPS) is 28.4. The van der Waals surface area contributed by atoms with E-state index in [1.165, 1.54) is 27.8 Å². The predicted octanol–water partition coefficient (Wildman–Crippen LogP) is 2.77. The molecule has 0 bridgehead atoms. The number of hydrogen-bond donors (Lipinski definition) is 2. The van der Waals surface area contributed by atoms with Gasteiger partial charge in [-0.1, -0.05) is 25.1 Å². The van der Waals surface area contributed by atoms with Crippen molar-refractivity contribution in [1.29, 1.82) is 0 Å². The van der Waals surface area contributed by atoms with Crippen molar-refractivity contribution in [3.05, 3.63) is 57.6 Å². The number of rotatable bonds is 10. The second-order valence-corrected chi connectivity index (χ2v) is 9.73. The molecule has 5 unspecified atom stereocenters. The first-order valence-electron chi connectivity index (χ1n) is 11.8. The smallest absolute Gasteiger partial charge is 0.0851 e. The number of para-hydroxylation sites is 1. The number of nitrogen functional groups attached to an aromatic ring is 2. The molecule has 4 saturated heterocycles. The lowest BCUT2D eigenvalue weighted by atomic mass is 9.76. The SMILES string of the molecule is CC(c1ccccc1N)c1c(CC2CO2)c(CC2CO2)c(N)c(CC2CO2)c1CC1CO1. The van der Waals surface area contributed by atoms with E-state index in [0.717, 1.165) is 69.0 Å². The van der Waals surface area contributed by atoms with Crippen LogP contribution in [-0.4, -0.2) is 50.8 Å². The van der Waals surface area contributed by atoms with Crippen LogP contribution >= 0.6 is 0 Å². The molecule has 4 heterocycles. The Hall–Kier alpha value is -2.12. The van der Waals surface area contributed by atoms with Crippen molar-refractivity contribution in [2.75, 3.05) is 37.9 Å². The van der Waals surface area contributed by atoms with Crippen molar-refractivity contribution in [3.63, 3.8) is 0 Å². The summed E-state index contributed by atoms with van der Waals surface area (Å²) in [5.74, 6) is 0.150. The average molecular weight is 437 g/mol. The maximum Gasteiger partial charge on any atom is 0.0851 e. The first-order chi connectivity index (χ1) is 15.6. The number of ether oxygens (including phenoxy) is 4. The molecular formula is C26H32N2O4. The van der Waals surface area contributed by atoms with Crippen LogP contribution in [0.2, 0.25) is 0 Å². The fraction of sp³-hybridized carbons (Fsp3) is 0.538. The van der Waals surface area contributed by atoms with E-state index < -0.39 is 0 Å². The van der Waals surface area contributed by atoms with E-state index in [4.69, 9.17) is 30.4 Å². The van der Waals surface area contributed by atoms with Crippen molar-refractivity contribution in [3.8, 4) is 0 Å². The number of hydrogen-bond acceptors (Lipinski definition) is 6. The molecule has 6 rings (SSSR count). The van der Waals surface area contributed by atoms with Crippen molar-refractivity contribution in [2.24, 2.45) is 0 Å². The average Bonchev–Trinajstić information content (AvgIpc) is 3.62. The van der Waals surface area contributed by atoms with Crippen molar-refractivity contribution in [1.82, 2.24) is 0 Å². The summed E-state index contributed by atoms with van der Waals surface area (Å²) in [6.07, 6.45) is 4.57. The minimum Gasteiger partial charge on any atom is -0.398 e. The van der Waals surface area contributed by atoms with Gasteiger partial charge in [-0.2, -0.15) is 0 Å². The second kappa shape index (κ2) is 8.03. The lowest BCUT2D eigenvalue weighted by molar-refractivity contribution is 0.397. The lowest BCUT2D eigenvalue weighted by Gasteiger charge is -2.29. The molecule has 0 radical (unpaired) electrons. The Kier molecular flexibility index (Phi) is 5.14. The van der Waals surface area contributed by atoms with E-state index in [0.29, 0.717) is 0 Å². The van der Waals surface area contributed by atoms with Crippen LogP contribution in [0.4, 0.5) is 11.4 Å². The first-order valence-corrected chi connectivity index (χ1v) is 11.8. The van der Waals surface area contributed by atoms with Gasteiger partial charge in [0.1, 0.15) is 0 Å². The largest absolute Gasteiger partial charge is 0.398 e. The molecule has 5 atom stereocenters.